The van der Waals surface area contributed by atoms with Gasteiger partial charge in [0, 0.05) is 50.9 Å². The second kappa shape index (κ2) is 12.3. The number of nitrogens with zero attached hydrogens (tertiary/aromatic N) is 4. The summed E-state index contributed by atoms with van der Waals surface area (Å²) in [7, 11) is 1.68. The number of ether oxygens (including phenoxy) is 1. The van der Waals surface area contributed by atoms with E-state index in [0.29, 0.717) is 12.0 Å². The van der Waals surface area contributed by atoms with Crippen LogP contribution in [0.25, 0.3) is 11.3 Å². The molecule has 0 aliphatic carbocycles. The van der Waals surface area contributed by atoms with Crippen molar-refractivity contribution in [1.29, 1.82) is 0 Å². The van der Waals surface area contributed by atoms with Gasteiger partial charge < -0.3 is 19.6 Å². The van der Waals surface area contributed by atoms with E-state index < -0.39 is 0 Å². The molecule has 200 valence electrons. The average molecular weight is 507 g/mol. The number of methoxy groups -OCH3 is 1. The number of carbonyl (C=O) groups is 1. The molecule has 0 bridgehead atoms. The summed E-state index contributed by atoms with van der Waals surface area (Å²) in [5.74, 6) is 2.11. The number of hydrogen-bond acceptors (Lipinski definition) is 6. The van der Waals surface area contributed by atoms with E-state index in [4.69, 9.17) is 9.72 Å². The van der Waals surface area contributed by atoms with E-state index in [-0.39, 0.29) is 12.5 Å². The molecule has 1 aromatic carbocycles. The number of anilines is 1. The molecule has 7 heteroatoms. The van der Waals surface area contributed by atoms with Crippen molar-refractivity contribution in [3.63, 3.8) is 0 Å². The highest BCUT2D eigenvalue weighted by Gasteiger charge is 2.31. The average Bonchev–Trinajstić information content (AvgIpc) is 3.26. The Morgan fingerprint density at radius 3 is 2.43 bits per heavy atom. The smallest absolute Gasteiger partial charge is 0.257 e. The summed E-state index contributed by atoms with van der Waals surface area (Å²) in [6.07, 6.45) is 8.95. The van der Waals surface area contributed by atoms with Crippen molar-refractivity contribution in [3.05, 3.63) is 42.0 Å². The van der Waals surface area contributed by atoms with Gasteiger partial charge in [-0.25, -0.2) is 4.98 Å². The van der Waals surface area contributed by atoms with E-state index in [2.05, 4.69) is 9.80 Å². The van der Waals surface area contributed by atoms with Gasteiger partial charge >= 0.3 is 0 Å². The van der Waals surface area contributed by atoms with Crippen molar-refractivity contribution in [2.75, 3.05) is 57.9 Å². The van der Waals surface area contributed by atoms with Crippen molar-refractivity contribution in [2.24, 2.45) is 5.92 Å². The summed E-state index contributed by atoms with van der Waals surface area (Å²) in [4.78, 5) is 25.8. The fourth-order valence-electron chi connectivity index (χ4n) is 6.33. The molecule has 5 rings (SSSR count). The lowest BCUT2D eigenvalue weighted by molar-refractivity contribution is 0.0758. The van der Waals surface area contributed by atoms with Gasteiger partial charge in [0.1, 0.15) is 11.6 Å². The maximum atomic E-state index is 13.8. The minimum atomic E-state index is 0.111. The first-order valence-corrected chi connectivity index (χ1v) is 14.2. The summed E-state index contributed by atoms with van der Waals surface area (Å²) in [5, 5.41) is 9.67. The molecule has 2 aromatic rings. The quantitative estimate of drug-likeness (QED) is 0.625. The van der Waals surface area contributed by atoms with Crippen molar-refractivity contribution in [2.45, 2.75) is 57.4 Å². The van der Waals surface area contributed by atoms with E-state index in [1.807, 2.05) is 41.3 Å². The van der Waals surface area contributed by atoms with Crippen LogP contribution in [0.2, 0.25) is 0 Å². The molecule has 1 atom stereocenters. The van der Waals surface area contributed by atoms with Crippen molar-refractivity contribution < 1.29 is 14.6 Å². The Bertz CT molecular complexity index is 1040. The number of aliphatic hydroxyl groups excluding tert-OH is 1. The number of likely N-dealkylation sites (tertiary alicyclic amines) is 2. The van der Waals surface area contributed by atoms with Gasteiger partial charge in [0.15, 0.2) is 0 Å². The van der Waals surface area contributed by atoms with Crippen LogP contribution in [0.4, 0.5) is 5.82 Å². The number of rotatable bonds is 6. The third kappa shape index (κ3) is 5.93. The van der Waals surface area contributed by atoms with Gasteiger partial charge in [-0.15, -0.1) is 0 Å². The molecule has 3 aliphatic heterocycles. The van der Waals surface area contributed by atoms with Gasteiger partial charge in [-0.05, 0) is 75.3 Å². The van der Waals surface area contributed by atoms with Gasteiger partial charge in [0.25, 0.3) is 5.91 Å². The first kappa shape index (κ1) is 26.0. The number of amides is 1. The highest BCUT2D eigenvalue weighted by molar-refractivity contribution is 5.99. The van der Waals surface area contributed by atoms with Crippen LogP contribution in [0.3, 0.4) is 0 Å². The Morgan fingerprint density at radius 1 is 0.946 bits per heavy atom. The minimum absolute atomic E-state index is 0.111. The Labute approximate surface area is 221 Å². The minimum Gasteiger partial charge on any atom is -0.496 e. The first-order valence-electron chi connectivity index (χ1n) is 14.2. The van der Waals surface area contributed by atoms with E-state index in [0.717, 1.165) is 99.8 Å². The summed E-state index contributed by atoms with van der Waals surface area (Å²) in [6, 6.07) is 12.4. The molecule has 1 N–H and O–H groups in total. The maximum Gasteiger partial charge on any atom is 0.257 e. The normalized spacial score (nSPS) is 22.1. The summed E-state index contributed by atoms with van der Waals surface area (Å²) < 4.78 is 5.62. The van der Waals surface area contributed by atoms with E-state index in [1.54, 1.807) is 7.11 Å². The molecule has 3 saturated heterocycles. The van der Waals surface area contributed by atoms with Gasteiger partial charge in [-0.1, -0.05) is 25.0 Å². The number of aliphatic hydroxyl groups is 1. The monoisotopic (exact) mass is 506 g/mol. The van der Waals surface area contributed by atoms with Crippen LogP contribution in [-0.4, -0.2) is 84.8 Å². The third-order valence-electron chi connectivity index (χ3n) is 8.47. The topological polar surface area (TPSA) is 69.1 Å². The fourth-order valence-corrected chi connectivity index (χ4v) is 6.33. The summed E-state index contributed by atoms with van der Waals surface area (Å²) in [6.45, 7) is 5.84. The third-order valence-corrected chi connectivity index (χ3v) is 8.47. The molecule has 1 unspecified atom stereocenters. The highest BCUT2D eigenvalue weighted by atomic mass is 16.5. The molecule has 3 fully saturated rings. The number of hydrogen-bond donors (Lipinski definition) is 1. The Morgan fingerprint density at radius 2 is 1.70 bits per heavy atom. The molecule has 3 aliphatic rings. The van der Waals surface area contributed by atoms with Crippen LogP contribution in [0.5, 0.6) is 5.75 Å². The van der Waals surface area contributed by atoms with Gasteiger partial charge in [0.05, 0.1) is 18.4 Å². The van der Waals surface area contributed by atoms with Crippen LogP contribution >= 0.6 is 0 Å². The molecular formula is C30H42N4O3. The van der Waals surface area contributed by atoms with E-state index >= 15 is 0 Å². The molecule has 37 heavy (non-hydrogen) atoms. The van der Waals surface area contributed by atoms with Crippen LogP contribution < -0.4 is 9.64 Å². The van der Waals surface area contributed by atoms with Crippen LogP contribution in [0.1, 0.15) is 61.7 Å². The number of pyridine rings is 1. The Hall–Kier alpha value is -2.64. The van der Waals surface area contributed by atoms with Crippen LogP contribution in [-0.2, 0) is 0 Å². The lowest BCUT2D eigenvalue weighted by atomic mass is 9.94. The van der Waals surface area contributed by atoms with Gasteiger partial charge in [0.2, 0.25) is 0 Å². The summed E-state index contributed by atoms with van der Waals surface area (Å²) in [5.41, 5.74) is 2.50. The fraction of sp³-hybridized carbons (Fsp3) is 0.600. The zero-order valence-corrected chi connectivity index (χ0v) is 22.3. The first-order chi connectivity index (χ1) is 18.2. The molecule has 1 aromatic heterocycles. The van der Waals surface area contributed by atoms with Gasteiger partial charge in [-0.2, -0.15) is 0 Å². The number of carbonyl (C=O) groups excluding carboxylic acids is 1. The number of benzene rings is 1. The zero-order valence-electron chi connectivity index (χ0n) is 22.3. The number of para-hydroxylation sites is 1. The van der Waals surface area contributed by atoms with Crippen molar-refractivity contribution in [3.8, 4) is 17.0 Å². The van der Waals surface area contributed by atoms with E-state index in [9.17, 15) is 9.90 Å². The largest absolute Gasteiger partial charge is 0.496 e. The lowest BCUT2D eigenvalue weighted by Crippen LogP contribution is -2.49. The zero-order chi connectivity index (χ0) is 25.6. The molecule has 0 spiro atoms. The van der Waals surface area contributed by atoms with Crippen LogP contribution in [0.15, 0.2) is 36.4 Å². The van der Waals surface area contributed by atoms with Crippen molar-refractivity contribution in [1.82, 2.24) is 14.8 Å². The second-order valence-corrected chi connectivity index (χ2v) is 10.9. The number of aromatic nitrogens is 1. The maximum absolute atomic E-state index is 13.8. The van der Waals surface area contributed by atoms with Crippen molar-refractivity contribution >= 4 is 11.7 Å². The molecule has 4 heterocycles. The molecule has 0 saturated carbocycles. The van der Waals surface area contributed by atoms with E-state index in [1.165, 1.54) is 19.3 Å². The summed E-state index contributed by atoms with van der Waals surface area (Å²) >= 11 is 0. The lowest BCUT2D eigenvalue weighted by Gasteiger charge is -2.42. The second-order valence-electron chi connectivity index (χ2n) is 10.9. The van der Waals surface area contributed by atoms with Gasteiger partial charge in [-0.3, -0.25) is 9.69 Å². The standard InChI is InChI=1S/C30H42N4O3/c1-37-28-11-5-4-10-25(28)27-13-12-26(30(36)33-16-6-2-3-7-17-33)29(31-27)32-19-14-24(15-20-32)34-18-8-9-23(21-34)22-35/h4-5,10-13,23-24,35H,2-3,6-9,14-22H2,1H3. The Balaban J connectivity index is 1.41. The number of piperidine rings is 2. The Kier molecular flexibility index (Phi) is 8.62. The molecular weight excluding hydrogens is 464 g/mol. The predicted molar refractivity (Wildman–Crippen MR) is 147 cm³/mol. The molecule has 1 amide bonds. The van der Waals surface area contributed by atoms with Crippen LogP contribution in [0, 0.1) is 5.92 Å². The molecule has 0 radical (unpaired) electrons. The predicted octanol–water partition coefficient (Wildman–Crippen LogP) is 4.45. The highest BCUT2D eigenvalue weighted by Crippen LogP contribution is 2.33. The molecule has 7 nitrogen and oxygen atoms in total. The SMILES string of the molecule is COc1ccccc1-c1ccc(C(=O)N2CCCCCC2)c(N2CCC(N3CCCC(CO)C3)CC2)n1.